The van der Waals surface area contributed by atoms with Gasteiger partial charge in [-0.2, -0.15) is 0 Å². The Morgan fingerprint density at radius 3 is 2.38 bits per heavy atom. The number of aliphatic hydroxyl groups excluding tert-OH is 1. The standard InChI is InChI=1S/C11H15ClO2.C2H6/c1-8-6-9(2)11(7-10(8)12)14-5-3-4-13;1-2/h6-7,13H,3-5H2,1-2H3;1-2H3. The smallest absolute Gasteiger partial charge is 0.123 e. The van der Waals surface area contributed by atoms with Crippen LogP contribution in [0.25, 0.3) is 0 Å². The summed E-state index contributed by atoms with van der Waals surface area (Å²) in [6.07, 6.45) is 0.644. The summed E-state index contributed by atoms with van der Waals surface area (Å²) < 4.78 is 5.47. The molecule has 0 bridgehead atoms. The Morgan fingerprint density at radius 2 is 1.81 bits per heavy atom. The Morgan fingerprint density at radius 1 is 1.19 bits per heavy atom. The van der Waals surface area contributed by atoms with Gasteiger partial charge in [0.15, 0.2) is 0 Å². The molecule has 0 saturated carbocycles. The molecular weight excluding hydrogens is 224 g/mol. The first-order valence-corrected chi connectivity index (χ1v) is 6.03. The van der Waals surface area contributed by atoms with Crippen molar-refractivity contribution in [2.75, 3.05) is 13.2 Å². The third-order valence-electron chi connectivity index (χ3n) is 2.02. The molecule has 0 aliphatic heterocycles. The van der Waals surface area contributed by atoms with Gasteiger partial charge in [-0.25, -0.2) is 0 Å². The minimum atomic E-state index is 0.151. The molecule has 3 heteroatoms. The minimum absolute atomic E-state index is 0.151. The highest BCUT2D eigenvalue weighted by Gasteiger charge is 2.03. The SMILES string of the molecule is CC.Cc1cc(C)c(OCCCO)cc1Cl. The first-order valence-electron chi connectivity index (χ1n) is 5.65. The maximum atomic E-state index is 8.61. The lowest BCUT2D eigenvalue weighted by molar-refractivity contribution is 0.233. The van der Waals surface area contributed by atoms with Gasteiger partial charge in [-0.05, 0) is 31.0 Å². The van der Waals surface area contributed by atoms with Gasteiger partial charge in [0, 0.05) is 18.1 Å². The van der Waals surface area contributed by atoms with Crippen molar-refractivity contribution in [1.82, 2.24) is 0 Å². The molecule has 0 aromatic heterocycles. The maximum absolute atomic E-state index is 8.61. The Hall–Kier alpha value is -0.730. The summed E-state index contributed by atoms with van der Waals surface area (Å²) in [7, 11) is 0. The zero-order chi connectivity index (χ0) is 12.6. The van der Waals surface area contributed by atoms with Crippen molar-refractivity contribution >= 4 is 11.6 Å². The van der Waals surface area contributed by atoms with Crippen LogP contribution in [0.4, 0.5) is 0 Å². The molecule has 0 radical (unpaired) electrons. The van der Waals surface area contributed by atoms with Gasteiger partial charge in [-0.3, -0.25) is 0 Å². The normalized spacial score (nSPS) is 9.38. The Bertz CT molecular complexity index is 311. The van der Waals surface area contributed by atoms with Gasteiger partial charge >= 0.3 is 0 Å². The molecule has 0 fully saturated rings. The summed E-state index contributed by atoms with van der Waals surface area (Å²) in [4.78, 5) is 0. The van der Waals surface area contributed by atoms with E-state index >= 15 is 0 Å². The molecule has 0 aliphatic rings. The number of ether oxygens (including phenoxy) is 1. The summed E-state index contributed by atoms with van der Waals surface area (Å²) in [6, 6.07) is 3.82. The van der Waals surface area contributed by atoms with Crippen molar-refractivity contribution < 1.29 is 9.84 Å². The van der Waals surface area contributed by atoms with E-state index in [4.69, 9.17) is 21.4 Å². The van der Waals surface area contributed by atoms with Crippen molar-refractivity contribution in [1.29, 1.82) is 0 Å². The number of aliphatic hydroxyl groups is 1. The third kappa shape index (κ3) is 4.86. The molecule has 0 atom stereocenters. The van der Waals surface area contributed by atoms with Crippen molar-refractivity contribution in [2.24, 2.45) is 0 Å². The molecule has 0 heterocycles. The van der Waals surface area contributed by atoms with Crippen LogP contribution in [0.3, 0.4) is 0 Å². The Labute approximate surface area is 103 Å². The molecular formula is C13H21ClO2. The number of halogens is 1. The molecule has 0 amide bonds. The average Bonchev–Trinajstić information content (AvgIpc) is 2.28. The van der Waals surface area contributed by atoms with Crippen molar-refractivity contribution in [2.45, 2.75) is 34.1 Å². The molecule has 0 unspecified atom stereocenters. The summed E-state index contributed by atoms with van der Waals surface area (Å²) in [5.41, 5.74) is 2.13. The van der Waals surface area contributed by atoms with Crippen molar-refractivity contribution in [3.63, 3.8) is 0 Å². The van der Waals surface area contributed by atoms with Crippen molar-refractivity contribution in [3.8, 4) is 5.75 Å². The largest absolute Gasteiger partial charge is 0.493 e. The summed E-state index contributed by atoms with van der Waals surface area (Å²) in [5.74, 6) is 0.800. The van der Waals surface area contributed by atoms with E-state index in [0.717, 1.165) is 21.9 Å². The Balaban J connectivity index is 0.00000106. The van der Waals surface area contributed by atoms with E-state index in [1.54, 1.807) is 0 Å². The van der Waals surface area contributed by atoms with Crippen LogP contribution in [-0.2, 0) is 0 Å². The van der Waals surface area contributed by atoms with Crippen LogP contribution in [0, 0.1) is 13.8 Å². The van der Waals surface area contributed by atoms with E-state index in [9.17, 15) is 0 Å². The van der Waals surface area contributed by atoms with Gasteiger partial charge in [0.2, 0.25) is 0 Å². The van der Waals surface area contributed by atoms with E-state index in [1.807, 2.05) is 39.8 Å². The van der Waals surface area contributed by atoms with E-state index in [-0.39, 0.29) is 6.61 Å². The fourth-order valence-electron chi connectivity index (χ4n) is 1.21. The third-order valence-corrected chi connectivity index (χ3v) is 2.42. The van der Waals surface area contributed by atoms with Crippen LogP contribution in [0.1, 0.15) is 31.4 Å². The van der Waals surface area contributed by atoms with Crippen LogP contribution in [-0.4, -0.2) is 18.3 Å². The molecule has 0 aliphatic carbocycles. The van der Waals surface area contributed by atoms with Gasteiger partial charge in [0.1, 0.15) is 5.75 Å². The first-order chi connectivity index (χ1) is 7.65. The molecule has 0 spiro atoms. The van der Waals surface area contributed by atoms with Crippen LogP contribution in [0.2, 0.25) is 5.02 Å². The fourth-order valence-corrected chi connectivity index (χ4v) is 1.36. The van der Waals surface area contributed by atoms with Crippen LogP contribution in [0.5, 0.6) is 5.75 Å². The predicted molar refractivity (Wildman–Crippen MR) is 69.5 cm³/mol. The highest BCUT2D eigenvalue weighted by molar-refractivity contribution is 6.31. The molecule has 1 N–H and O–H groups in total. The summed E-state index contributed by atoms with van der Waals surface area (Å²) in [5, 5.41) is 9.32. The average molecular weight is 245 g/mol. The van der Waals surface area contributed by atoms with Gasteiger partial charge in [0.25, 0.3) is 0 Å². The highest BCUT2D eigenvalue weighted by atomic mass is 35.5. The number of aryl methyl sites for hydroxylation is 2. The molecule has 1 rings (SSSR count). The monoisotopic (exact) mass is 244 g/mol. The summed E-state index contributed by atoms with van der Waals surface area (Å²) >= 11 is 5.97. The van der Waals surface area contributed by atoms with Crippen LogP contribution >= 0.6 is 11.6 Å². The number of benzene rings is 1. The quantitative estimate of drug-likeness (QED) is 0.818. The van der Waals surface area contributed by atoms with E-state index < -0.39 is 0 Å². The zero-order valence-corrected chi connectivity index (χ0v) is 11.3. The second-order valence-corrected chi connectivity index (χ2v) is 3.70. The molecule has 16 heavy (non-hydrogen) atoms. The van der Waals surface area contributed by atoms with Crippen LogP contribution < -0.4 is 4.74 Å². The van der Waals surface area contributed by atoms with E-state index in [2.05, 4.69) is 0 Å². The second-order valence-electron chi connectivity index (χ2n) is 3.29. The zero-order valence-electron chi connectivity index (χ0n) is 10.5. The lowest BCUT2D eigenvalue weighted by Crippen LogP contribution is -2.01. The predicted octanol–water partition coefficient (Wildman–Crippen LogP) is 3.74. The fraction of sp³-hybridized carbons (Fsp3) is 0.538. The van der Waals surface area contributed by atoms with Gasteiger partial charge in [0.05, 0.1) is 6.61 Å². The Kier molecular flexibility index (Phi) is 8.04. The first kappa shape index (κ1) is 15.3. The topological polar surface area (TPSA) is 29.5 Å². The molecule has 1 aromatic rings. The lowest BCUT2D eigenvalue weighted by Gasteiger charge is -2.10. The van der Waals surface area contributed by atoms with Crippen molar-refractivity contribution in [3.05, 3.63) is 28.3 Å². The lowest BCUT2D eigenvalue weighted by atomic mass is 10.1. The number of rotatable bonds is 4. The highest BCUT2D eigenvalue weighted by Crippen LogP contribution is 2.26. The number of hydrogen-bond donors (Lipinski definition) is 1. The van der Waals surface area contributed by atoms with E-state index in [1.165, 1.54) is 0 Å². The van der Waals surface area contributed by atoms with Gasteiger partial charge < -0.3 is 9.84 Å². The van der Waals surface area contributed by atoms with Crippen LogP contribution in [0.15, 0.2) is 12.1 Å². The van der Waals surface area contributed by atoms with E-state index in [0.29, 0.717) is 13.0 Å². The maximum Gasteiger partial charge on any atom is 0.123 e. The second kappa shape index (κ2) is 8.43. The molecule has 92 valence electrons. The molecule has 0 saturated heterocycles. The summed E-state index contributed by atoms with van der Waals surface area (Å²) in [6.45, 7) is 8.62. The number of hydrogen-bond acceptors (Lipinski definition) is 2. The van der Waals surface area contributed by atoms with Gasteiger partial charge in [-0.1, -0.05) is 31.5 Å². The minimum Gasteiger partial charge on any atom is -0.493 e. The molecule has 2 nitrogen and oxygen atoms in total. The molecule has 1 aromatic carbocycles. The van der Waals surface area contributed by atoms with Gasteiger partial charge in [-0.15, -0.1) is 0 Å².